The number of hydrogen-bond donors (Lipinski definition) is 0. The molecule has 0 spiro atoms. The van der Waals surface area contributed by atoms with Crippen LogP contribution < -0.4 is 0 Å². The molecule has 5 aliphatic rings. The van der Waals surface area contributed by atoms with E-state index >= 15 is 0 Å². The molecule has 5 aliphatic carbocycles. The first-order valence-corrected chi connectivity index (χ1v) is 26.0. The molecule has 11 aromatic rings. The molecular weight excluding hydrogens is 865 g/mol. The summed E-state index contributed by atoms with van der Waals surface area (Å²) in [5.74, 6) is 0.897. The zero-order valence-electron chi connectivity index (χ0n) is 40.9. The molecule has 338 valence electrons. The predicted octanol–water partition coefficient (Wildman–Crippen LogP) is 19.7. The lowest BCUT2D eigenvalue weighted by molar-refractivity contribution is 0.640. The van der Waals surface area contributed by atoms with Crippen molar-refractivity contribution in [3.05, 3.63) is 240 Å². The van der Waals surface area contributed by atoms with Gasteiger partial charge in [-0.15, -0.1) is 0 Å². The topological polar surface area (TPSA) is 0 Å². The minimum absolute atomic E-state index is 0.130. The zero-order chi connectivity index (χ0) is 47.7. The fraction of sp³-hybridized carbons (Fsp3) is 0.111. The molecule has 0 amide bonds. The van der Waals surface area contributed by atoms with E-state index in [1.165, 1.54) is 160 Å². The monoisotopic (exact) mass is 914 g/mol. The van der Waals surface area contributed by atoms with E-state index in [2.05, 4.69) is 240 Å². The Balaban J connectivity index is 1.03. The van der Waals surface area contributed by atoms with Gasteiger partial charge in [0.2, 0.25) is 0 Å². The molecule has 0 bridgehead atoms. The van der Waals surface area contributed by atoms with Crippen LogP contribution in [0.4, 0.5) is 0 Å². The second-order valence-corrected chi connectivity index (χ2v) is 21.8. The summed E-state index contributed by atoms with van der Waals surface area (Å²) in [6, 6.07) is 72.6. The summed E-state index contributed by atoms with van der Waals surface area (Å²) < 4.78 is 0. The first-order valence-electron chi connectivity index (χ1n) is 26.0. The number of fused-ring (bicyclic) bond motifs is 14. The van der Waals surface area contributed by atoms with Crippen LogP contribution in [0.15, 0.2) is 212 Å². The van der Waals surface area contributed by atoms with E-state index in [9.17, 15) is 0 Å². The van der Waals surface area contributed by atoms with Gasteiger partial charge < -0.3 is 0 Å². The van der Waals surface area contributed by atoms with Crippen LogP contribution in [0.25, 0.3) is 132 Å². The third-order valence-corrected chi connectivity index (χ3v) is 17.9. The lowest BCUT2D eigenvalue weighted by atomic mass is 9.75. The molecule has 0 fully saturated rings. The molecule has 16 rings (SSSR count). The van der Waals surface area contributed by atoms with Gasteiger partial charge in [0.25, 0.3) is 0 Å². The second-order valence-electron chi connectivity index (χ2n) is 21.8. The van der Waals surface area contributed by atoms with Gasteiger partial charge in [-0.25, -0.2) is 0 Å². The summed E-state index contributed by atoms with van der Waals surface area (Å²) in [6.45, 7) is 9.61. The lowest BCUT2D eigenvalue weighted by Gasteiger charge is -2.28. The number of rotatable bonds is 4. The summed E-state index contributed by atoms with van der Waals surface area (Å²) in [4.78, 5) is 0. The maximum Gasteiger partial charge on any atom is 0.0159 e. The highest BCUT2D eigenvalue weighted by Gasteiger charge is 2.40. The quantitative estimate of drug-likeness (QED) is 0.165. The molecule has 0 heterocycles. The van der Waals surface area contributed by atoms with E-state index < -0.39 is 0 Å². The zero-order valence-corrected chi connectivity index (χ0v) is 40.9. The van der Waals surface area contributed by atoms with E-state index in [1.54, 1.807) is 0 Å². The van der Waals surface area contributed by atoms with Crippen molar-refractivity contribution in [2.24, 2.45) is 5.92 Å². The predicted molar refractivity (Wildman–Crippen MR) is 305 cm³/mol. The summed E-state index contributed by atoms with van der Waals surface area (Å²) in [5, 5.41) is 8.03. The van der Waals surface area contributed by atoms with Crippen molar-refractivity contribution in [1.29, 1.82) is 0 Å². The van der Waals surface area contributed by atoms with Gasteiger partial charge in [-0.3, -0.25) is 0 Å². The van der Waals surface area contributed by atoms with Gasteiger partial charge in [-0.05, 0) is 178 Å². The van der Waals surface area contributed by atoms with E-state index in [4.69, 9.17) is 0 Å². The van der Waals surface area contributed by atoms with Crippen molar-refractivity contribution in [2.45, 2.75) is 44.9 Å². The highest BCUT2D eigenvalue weighted by molar-refractivity contribution is 6.34. The average Bonchev–Trinajstić information content (AvgIpc) is 4.10. The number of allylic oxidation sites excluding steroid dienone is 4. The molecule has 0 heteroatoms. The normalized spacial score (nSPS) is 17.6. The van der Waals surface area contributed by atoms with Crippen LogP contribution in [0.3, 0.4) is 0 Å². The molecule has 0 radical (unpaired) electrons. The van der Waals surface area contributed by atoms with Crippen LogP contribution in [0, 0.1) is 5.92 Å². The summed E-state index contributed by atoms with van der Waals surface area (Å²) >= 11 is 0. The molecule has 0 saturated carbocycles. The Hall–Kier alpha value is -8.32. The molecule has 0 saturated heterocycles. The van der Waals surface area contributed by atoms with Crippen LogP contribution >= 0.6 is 0 Å². The van der Waals surface area contributed by atoms with E-state index in [0.29, 0.717) is 11.8 Å². The lowest BCUT2D eigenvalue weighted by Crippen LogP contribution is -2.14. The fourth-order valence-corrected chi connectivity index (χ4v) is 14.7. The van der Waals surface area contributed by atoms with Gasteiger partial charge in [0.1, 0.15) is 0 Å². The van der Waals surface area contributed by atoms with Gasteiger partial charge in [0.15, 0.2) is 0 Å². The number of hydrogen-bond acceptors (Lipinski definition) is 0. The molecule has 0 nitrogen and oxygen atoms in total. The molecule has 3 unspecified atom stereocenters. The minimum Gasteiger partial charge on any atom is -0.0808 e. The van der Waals surface area contributed by atoms with Crippen molar-refractivity contribution in [3.8, 4) is 100 Å². The molecule has 0 N–H and O–H groups in total. The first-order chi connectivity index (χ1) is 35.4. The largest absolute Gasteiger partial charge is 0.0808 e. The van der Waals surface area contributed by atoms with Gasteiger partial charge in [0.05, 0.1) is 0 Å². The highest BCUT2D eigenvalue weighted by atomic mass is 14.4. The maximum absolute atomic E-state index is 2.55. The molecule has 0 aliphatic heterocycles. The smallest absolute Gasteiger partial charge is 0.0159 e. The fourth-order valence-electron chi connectivity index (χ4n) is 14.7. The van der Waals surface area contributed by atoms with Crippen molar-refractivity contribution in [2.75, 3.05) is 0 Å². The average molecular weight is 915 g/mol. The Kier molecular flexibility index (Phi) is 8.08. The van der Waals surface area contributed by atoms with Crippen LogP contribution in [-0.4, -0.2) is 0 Å². The third-order valence-electron chi connectivity index (χ3n) is 17.9. The van der Waals surface area contributed by atoms with E-state index in [0.717, 1.165) is 0 Å². The summed E-state index contributed by atoms with van der Waals surface area (Å²) in [6.07, 6.45) is 9.35. The SMILES string of the molecule is CC1c2ccccc2-c2ccc(-c3c4c(c(-c5ccc6c(c5)C(C)(C)c5ccccc5-6)c5ccccc35)-c3ccc5c6c(ccc-4c36)-c3c-5c(-c4ccccc4)c4ccccc4c3C3C=CC=CC3C)cc21. The molecule has 3 atom stereocenters. The summed E-state index contributed by atoms with van der Waals surface area (Å²) in [5.41, 5.74) is 31.0. The van der Waals surface area contributed by atoms with Crippen molar-refractivity contribution in [3.63, 3.8) is 0 Å². The van der Waals surface area contributed by atoms with Crippen molar-refractivity contribution in [1.82, 2.24) is 0 Å². The van der Waals surface area contributed by atoms with Gasteiger partial charge in [-0.1, -0.05) is 228 Å². The summed E-state index contributed by atoms with van der Waals surface area (Å²) in [7, 11) is 0. The highest BCUT2D eigenvalue weighted by Crippen LogP contribution is 2.65. The standard InChI is InChI=1S/C72H50/c1-40-18-8-9-21-45(40)65-54-28-15-14-27-53(54)62(42-19-6-5-7-20-42)68-55-34-35-57-66-56(36-37-58(67(55)66)71(65)68)69-63(43-30-32-48-47-23-11-10-22-46(47)41(2)59(48)38-43)51-25-12-13-26-52(51)64(70(57)69)44-31-33-50-49-24-16-17-29-60(49)72(3,4)61(50)39-44/h5-41,45H,1-4H3. The molecule has 72 heavy (non-hydrogen) atoms. The molecular formula is C72H50. The van der Waals surface area contributed by atoms with Crippen LogP contribution in [0.1, 0.15) is 67.3 Å². The van der Waals surface area contributed by atoms with Gasteiger partial charge in [-0.2, -0.15) is 0 Å². The third kappa shape index (κ3) is 5.12. The van der Waals surface area contributed by atoms with E-state index in [-0.39, 0.29) is 11.3 Å². The Morgan fingerprint density at radius 3 is 1.49 bits per heavy atom. The maximum atomic E-state index is 2.55. The van der Waals surface area contributed by atoms with Crippen molar-refractivity contribution >= 4 is 32.3 Å². The minimum atomic E-state index is -0.130. The van der Waals surface area contributed by atoms with E-state index in [1.807, 2.05) is 0 Å². The Morgan fingerprint density at radius 1 is 0.333 bits per heavy atom. The van der Waals surface area contributed by atoms with Crippen LogP contribution in [0.2, 0.25) is 0 Å². The van der Waals surface area contributed by atoms with Crippen LogP contribution in [-0.2, 0) is 5.41 Å². The second kappa shape index (κ2) is 14.4. The first kappa shape index (κ1) is 40.4. The number of benzene rings is 11. The Labute approximate surface area is 421 Å². The Bertz CT molecular complexity index is 4320. The van der Waals surface area contributed by atoms with Gasteiger partial charge >= 0.3 is 0 Å². The van der Waals surface area contributed by atoms with Gasteiger partial charge in [0, 0.05) is 17.3 Å². The molecule has 11 aromatic carbocycles. The Morgan fingerprint density at radius 2 is 0.806 bits per heavy atom. The van der Waals surface area contributed by atoms with Crippen LogP contribution in [0.5, 0.6) is 0 Å². The molecule has 0 aromatic heterocycles. The van der Waals surface area contributed by atoms with Crippen molar-refractivity contribution < 1.29 is 0 Å².